The van der Waals surface area contributed by atoms with Crippen molar-refractivity contribution in [2.24, 2.45) is 5.73 Å². The van der Waals surface area contributed by atoms with Crippen LogP contribution in [0.5, 0.6) is 0 Å². The van der Waals surface area contributed by atoms with Gasteiger partial charge in [0.25, 0.3) is 5.91 Å². The van der Waals surface area contributed by atoms with Crippen molar-refractivity contribution in [1.29, 1.82) is 0 Å². The summed E-state index contributed by atoms with van der Waals surface area (Å²) in [6, 6.07) is 1.69. The molecule has 1 heterocycles. The van der Waals surface area contributed by atoms with Crippen LogP contribution in [0.3, 0.4) is 0 Å². The lowest BCUT2D eigenvalue weighted by Gasteiger charge is -2.28. The average molecular weight is 403 g/mol. The first-order chi connectivity index (χ1) is 12.5. The zero-order chi connectivity index (χ0) is 20.7. The molecule has 0 saturated carbocycles. The minimum Gasteiger partial charge on any atom is -0.389 e. The molecule has 1 amide bonds. The number of nitrogens with one attached hydrogen (secondary N) is 1. The van der Waals surface area contributed by atoms with Crippen molar-refractivity contribution in [2.75, 3.05) is 13.2 Å². The molecule has 0 aromatic carbocycles. The summed E-state index contributed by atoms with van der Waals surface area (Å²) in [7, 11) is 0. The minimum absolute atomic E-state index is 0.0235. The lowest BCUT2D eigenvalue weighted by Crippen LogP contribution is -2.49. The van der Waals surface area contributed by atoms with Crippen molar-refractivity contribution in [2.45, 2.75) is 43.4 Å². The van der Waals surface area contributed by atoms with Crippen LogP contribution in [0.15, 0.2) is 24.5 Å². The van der Waals surface area contributed by atoms with E-state index in [4.69, 9.17) is 5.73 Å². The van der Waals surface area contributed by atoms with Gasteiger partial charge >= 0.3 is 12.4 Å². The average Bonchev–Trinajstić information content (AvgIpc) is 2.56. The third-order valence-corrected chi connectivity index (χ3v) is 3.45. The van der Waals surface area contributed by atoms with Crippen molar-refractivity contribution in [3.63, 3.8) is 0 Å². The van der Waals surface area contributed by atoms with E-state index in [9.17, 15) is 36.2 Å². The van der Waals surface area contributed by atoms with Gasteiger partial charge in [-0.3, -0.25) is 9.78 Å². The second-order valence-electron chi connectivity index (χ2n) is 5.62. The van der Waals surface area contributed by atoms with Crippen LogP contribution in [-0.2, 0) is 4.74 Å². The molecule has 0 spiro atoms. The minimum atomic E-state index is -5.69. The molecule has 0 bridgehead atoms. The molecular weight excluding hydrogens is 384 g/mol. The van der Waals surface area contributed by atoms with Crippen molar-refractivity contribution >= 4 is 5.91 Å². The molecular formula is C15H19F6N3O3. The number of hydrogen-bond acceptors (Lipinski definition) is 5. The first-order valence-electron chi connectivity index (χ1n) is 7.81. The van der Waals surface area contributed by atoms with Gasteiger partial charge in [-0.25, -0.2) is 0 Å². The van der Waals surface area contributed by atoms with Gasteiger partial charge in [0.1, 0.15) is 0 Å². The molecule has 1 aromatic rings. The van der Waals surface area contributed by atoms with Gasteiger partial charge in [0.2, 0.25) is 6.10 Å². The fraction of sp³-hybridized carbons (Fsp3) is 0.600. The Labute approximate surface area is 150 Å². The number of rotatable bonds is 9. The van der Waals surface area contributed by atoms with E-state index in [-0.39, 0.29) is 24.9 Å². The molecule has 0 fully saturated rings. The number of aromatic nitrogens is 1. The van der Waals surface area contributed by atoms with Gasteiger partial charge in [0.15, 0.2) is 0 Å². The third-order valence-electron chi connectivity index (χ3n) is 3.45. The summed E-state index contributed by atoms with van der Waals surface area (Å²) >= 11 is 0. The number of hydrogen-bond donors (Lipinski definition) is 3. The standard InChI is InChI=1S/C15H19F6N3O3/c16-14(17,18)13(15(19,20)21)27-8-11(25)10(4-1-5-22)24-12(26)9-3-2-6-23-7-9/h2-3,6-7,10-11,13,25H,1,4-5,8,22H2,(H,24,26)/t10-,11?/m0/s1. The number of ether oxygens (including phenoxy) is 1. The van der Waals surface area contributed by atoms with Gasteiger partial charge in [-0.2, -0.15) is 26.3 Å². The van der Waals surface area contributed by atoms with E-state index >= 15 is 0 Å². The van der Waals surface area contributed by atoms with Crippen LogP contribution in [0.2, 0.25) is 0 Å². The maximum atomic E-state index is 12.5. The van der Waals surface area contributed by atoms with Crippen LogP contribution < -0.4 is 11.1 Å². The Morgan fingerprint density at radius 1 is 1.26 bits per heavy atom. The van der Waals surface area contributed by atoms with Crippen LogP contribution >= 0.6 is 0 Å². The Morgan fingerprint density at radius 3 is 2.37 bits per heavy atom. The fourth-order valence-corrected chi connectivity index (χ4v) is 2.13. The summed E-state index contributed by atoms with van der Waals surface area (Å²) in [4.78, 5) is 15.8. The van der Waals surface area contributed by atoms with Crippen LogP contribution in [0.4, 0.5) is 26.3 Å². The fourth-order valence-electron chi connectivity index (χ4n) is 2.13. The summed E-state index contributed by atoms with van der Waals surface area (Å²) in [6.07, 6.45) is -14.3. The largest absolute Gasteiger partial charge is 0.423 e. The second kappa shape index (κ2) is 9.85. The van der Waals surface area contributed by atoms with E-state index < -0.39 is 43.1 Å². The summed E-state index contributed by atoms with van der Waals surface area (Å²) < 4.78 is 78.8. The van der Waals surface area contributed by atoms with Gasteiger partial charge < -0.3 is 20.9 Å². The van der Waals surface area contributed by atoms with Gasteiger partial charge in [-0.05, 0) is 31.5 Å². The van der Waals surface area contributed by atoms with E-state index in [1.807, 2.05) is 0 Å². The number of alkyl halides is 6. The van der Waals surface area contributed by atoms with Crippen molar-refractivity contribution < 1.29 is 41.0 Å². The molecule has 0 radical (unpaired) electrons. The maximum absolute atomic E-state index is 12.5. The molecule has 0 aliphatic carbocycles. The quantitative estimate of drug-likeness (QED) is 0.547. The van der Waals surface area contributed by atoms with Crippen LogP contribution in [0.25, 0.3) is 0 Å². The number of aliphatic hydroxyl groups is 1. The molecule has 0 saturated heterocycles. The smallest absolute Gasteiger partial charge is 0.389 e. The molecule has 1 unspecified atom stereocenters. The highest BCUT2D eigenvalue weighted by Gasteiger charge is 2.58. The molecule has 1 aromatic heterocycles. The number of nitrogens with zero attached hydrogens (tertiary/aromatic N) is 1. The molecule has 0 aliphatic rings. The van der Waals surface area contributed by atoms with Gasteiger partial charge in [0.05, 0.1) is 24.3 Å². The van der Waals surface area contributed by atoms with Gasteiger partial charge in [-0.15, -0.1) is 0 Å². The van der Waals surface area contributed by atoms with E-state index in [2.05, 4.69) is 15.0 Å². The Kier molecular flexibility index (Phi) is 8.44. The summed E-state index contributed by atoms with van der Waals surface area (Å²) in [5.41, 5.74) is 5.43. The summed E-state index contributed by atoms with van der Waals surface area (Å²) in [6.45, 7) is -1.15. The van der Waals surface area contributed by atoms with Crippen molar-refractivity contribution in [3.05, 3.63) is 30.1 Å². The molecule has 2 atom stereocenters. The topological polar surface area (TPSA) is 97.5 Å². The Hall–Kier alpha value is -1.92. The second-order valence-corrected chi connectivity index (χ2v) is 5.62. The first kappa shape index (κ1) is 23.1. The Balaban J connectivity index is 2.79. The maximum Gasteiger partial charge on any atom is 0.423 e. The third kappa shape index (κ3) is 7.69. The van der Waals surface area contributed by atoms with E-state index in [1.54, 1.807) is 0 Å². The van der Waals surface area contributed by atoms with Crippen molar-refractivity contribution in [3.8, 4) is 0 Å². The number of carbonyl (C=O) groups is 1. The highest BCUT2D eigenvalue weighted by molar-refractivity contribution is 5.94. The Bertz CT molecular complexity index is 568. The van der Waals surface area contributed by atoms with Crippen LogP contribution in [0, 0.1) is 0 Å². The lowest BCUT2D eigenvalue weighted by atomic mass is 10.0. The number of amides is 1. The van der Waals surface area contributed by atoms with E-state index in [0.717, 1.165) is 0 Å². The lowest BCUT2D eigenvalue weighted by molar-refractivity contribution is -0.325. The number of carbonyl (C=O) groups excluding carboxylic acids is 1. The Morgan fingerprint density at radius 2 is 1.89 bits per heavy atom. The van der Waals surface area contributed by atoms with Crippen molar-refractivity contribution in [1.82, 2.24) is 10.3 Å². The molecule has 4 N–H and O–H groups in total. The summed E-state index contributed by atoms with van der Waals surface area (Å²) in [5, 5.41) is 12.3. The normalized spacial score (nSPS) is 14.9. The number of nitrogens with two attached hydrogens (primary N) is 1. The highest BCUT2D eigenvalue weighted by atomic mass is 19.4. The zero-order valence-corrected chi connectivity index (χ0v) is 13.9. The van der Waals surface area contributed by atoms with E-state index in [1.165, 1.54) is 24.5 Å². The van der Waals surface area contributed by atoms with Gasteiger partial charge in [-0.1, -0.05) is 0 Å². The van der Waals surface area contributed by atoms with E-state index in [0.29, 0.717) is 0 Å². The zero-order valence-electron chi connectivity index (χ0n) is 13.9. The number of halogens is 6. The first-order valence-corrected chi connectivity index (χ1v) is 7.81. The summed E-state index contributed by atoms with van der Waals surface area (Å²) in [5.74, 6) is -0.702. The number of aliphatic hydroxyl groups excluding tert-OH is 1. The monoisotopic (exact) mass is 403 g/mol. The molecule has 1 rings (SSSR count). The molecule has 27 heavy (non-hydrogen) atoms. The number of pyridine rings is 1. The predicted molar refractivity (Wildman–Crippen MR) is 81.6 cm³/mol. The molecule has 0 aliphatic heterocycles. The van der Waals surface area contributed by atoms with Crippen LogP contribution in [-0.4, -0.2) is 59.8 Å². The van der Waals surface area contributed by atoms with Gasteiger partial charge in [0, 0.05) is 12.4 Å². The SMILES string of the molecule is NCCC[C@H](NC(=O)c1cccnc1)C(O)COC(C(F)(F)F)C(F)(F)F. The van der Waals surface area contributed by atoms with Crippen LogP contribution in [0.1, 0.15) is 23.2 Å². The predicted octanol–water partition coefficient (Wildman–Crippen LogP) is 1.79. The molecule has 6 nitrogen and oxygen atoms in total. The highest BCUT2D eigenvalue weighted by Crippen LogP contribution is 2.35. The molecule has 12 heteroatoms. The molecule has 154 valence electrons.